The summed E-state index contributed by atoms with van der Waals surface area (Å²) in [6.45, 7) is 10.1. The third-order valence-corrected chi connectivity index (χ3v) is 7.23. The monoisotopic (exact) mass is 510 g/mol. The number of rotatable bonds is 6. The lowest BCUT2D eigenvalue weighted by atomic mass is 10.1. The number of piperazine rings is 1. The molecule has 9 nitrogen and oxygen atoms in total. The maximum atomic E-state index is 15.2. The highest BCUT2D eigenvalue weighted by Gasteiger charge is 2.27. The van der Waals surface area contributed by atoms with E-state index in [4.69, 9.17) is 9.47 Å². The van der Waals surface area contributed by atoms with Crippen LogP contribution in [0, 0.1) is 12.7 Å². The van der Waals surface area contributed by atoms with E-state index >= 15 is 4.39 Å². The molecular formula is C27H31FN4O5. The van der Waals surface area contributed by atoms with Gasteiger partial charge in [-0.2, -0.15) is 0 Å². The Morgan fingerprint density at radius 3 is 2.65 bits per heavy atom. The molecule has 0 aliphatic carbocycles. The molecule has 37 heavy (non-hydrogen) atoms. The fourth-order valence-electron chi connectivity index (χ4n) is 5.11. The van der Waals surface area contributed by atoms with E-state index in [1.54, 1.807) is 10.6 Å². The van der Waals surface area contributed by atoms with Crippen LogP contribution >= 0.6 is 0 Å². The van der Waals surface area contributed by atoms with Gasteiger partial charge in [0.25, 0.3) is 0 Å². The molecule has 1 fully saturated rings. The molecule has 1 atom stereocenters. The molecule has 196 valence electrons. The standard InChI is InChI=1S/C27H31FN4O5/c1-4-24-36-15-20-17(12-29-16(3)26(20)37-24)13-30-6-8-32(9-7-30)23-11-22-18(10-21(23)28)25(33)19(27(34)35)14-31(22)5-2/h10-12,14,24H,4-9,13,15H2,1-3H3,(H,34,35). The number of aryl methyl sites for hydroxylation is 2. The maximum absolute atomic E-state index is 15.2. The number of anilines is 1. The predicted molar refractivity (Wildman–Crippen MR) is 137 cm³/mol. The Kier molecular flexibility index (Phi) is 6.87. The summed E-state index contributed by atoms with van der Waals surface area (Å²) in [6, 6.07) is 2.84. The van der Waals surface area contributed by atoms with E-state index < -0.39 is 17.2 Å². The number of aromatic carboxylic acids is 1. The molecule has 1 aromatic carbocycles. The number of benzene rings is 1. The molecular weight excluding hydrogens is 479 g/mol. The summed E-state index contributed by atoms with van der Waals surface area (Å²) in [5.41, 5.74) is 2.88. The summed E-state index contributed by atoms with van der Waals surface area (Å²) in [5.74, 6) is -1.02. The number of hydrogen-bond acceptors (Lipinski definition) is 7. The van der Waals surface area contributed by atoms with Crippen LogP contribution in [-0.4, -0.2) is 58.0 Å². The highest BCUT2D eigenvalue weighted by molar-refractivity contribution is 5.93. The molecule has 1 unspecified atom stereocenters. The summed E-state index contributed by atoms with van der Waals surface area (Å²) in [5, 5.41) is 9.44. The van der Waals surface area contributed by atoms with E-state index in [0.29, 0.717) is 44.0 Å². The van der Waals surface area contributed by atoms with Gasteiger partial charge in [-0.3, -0.25) is 14.7 Å². The van der Waals surface area contributed by atoms with Gasteiger partial charge in [0.2, 0.25) is 5.43 Å². The second kappa shape index (κ2) is 10.1. The summed E-state index contributed by atoms with van der Waals surface area (Å²) in [7, 11) is 0. The molecule has 5 rings (SSSR count). The van der Waals surface area contributed by atoms with Gasteiger partial charge < -0.3 is 24.0 Å². The molecule has 4 heterocycles. The number of ether oxygens (including phenoxy) is 2. The summed E-state index contributed by atoms with van der Waals surface area (Å²) in [6.07, 6.45) is 3.74. The second-order valence-corrected chi connectivity index (χ2v) is 9.49. The van der Waals surface area contributed by atoms with Crippen molar-refractivity contribution in [3.05, 3.63) is 63.0 Å². The smallest absolute Gasteiger partial charge is 0.341 e. The summed E-state index contributed by atoms with van der Waals surface area (Å²) in [4.78, 5) is 32.9. The third-order valence-electron chi connectivity index (χ3n) is 7.23. The van der Waals surface area contributed by atoms with E-state index in [0.717, 1.165) is 42.1 Å². The number of aromatic nitrogens is 2. The van der Waals surface area contributed by atoms with Crippen molar-refractivity contribution in [2.24, 2.45) is 0 Å². The average molecular weight is 511 g/mol. The van der Waals surface area contributed by atoms with Crippen molar-refractivity contribution in [2.75, 3.05) is 31.1 Å². The molecule has 10 heteroatoms. The lowest BCUT2D eigenvalue weighted by molar-refractivity contribution is -0.109. The average Bonchev–Trinajstić information content (AvgIpc) is 2.90. The van der Waals surface area contributed by atoms with Crippen LogP contribution < -0.4 is 15.1 Å². The van der Waals surface area contributed by atoms with Gasteiger partial charge in [0.15, 0.2) is 6.29 Å². The normalized spacial score (nSPS) is 18.1. The number of nitrogens with zero attached hydrogens (tertiary/aromatic N) is 4. The van der Waals surface area contributed by atoms with Gasteiger partial charge in [-0.05, 0) is 31.5 Å². The van der Waals surface area contributed by atoms with Crippen LogP contribution in [0.15, 0.2) is 29.3 Å². The number of carbonyl (C=O) groups is 1. The molecule has 0 saturated carbocycles. The number of fused-ring (bicyclic) bond motifs is 2. The Morgan fingerprint density at radius 1 is 1.22 bits per heavy atom. The van der Waals surface area contributed by atoms with Crippen LogP contribution in [0.25, 0.3) is 10.9 Å². The zero-order valence-electron chi connectivity index (χ0n) is 21.3. The summed E-state index contributed by atoms with van der Waals surface area (Å²) < 4.78 is 28.7. The molecule has 2 aliphatic heterocycles. The Hall–Kier alpha value is -3.50. The first-order valence-electron chi connectivity index (χ1n) is 12.6. The molecule has 3 aromatic rings. The minimum atomic E-state index is -1.32. The van der Waals surface area contributed by atoms with Gasteiger partial charge in [-0.1, -0.05) is 6.92 Å². The van der Waals surface area contributed by atoms with Crippen molar-refractivity contribution < 1.29 is 23.8 Å². The van der Waals surface area contributed by atoms with Gasteiger partial charge in [0.1, 0.15) is 17.1 Å². The largest absolute Gasteiger partial charge is 0.477 e. The fraction of sp³-hybridized carbons (Fsp3) is 0.444. The van der Waals surface area contributed by atoms with E-state index in [2.05, 4.69) is 9.88 Å². The zero-order valence-corrected chi connectivity index (χ0v) is 21.3. The van der Waals surface area contributed by atoms with E-state index in [1.807, 2.05) is 31.9 Å². The van der Waals surface area contributed by atoms with Gasteiger partial charge in [0, 0.05) is 69.0 Å². The van der Waals surface area contributed by atoms with Crippen molar-refractivity contribution >= 4 is 22.6 Å². The van der Waals surface area contributed by atoms with Gasteiger partial charge >= 0.3 is 5.97 Å². The van der Waals surface area contributed by atoms with Gasteiger partial charge in [-0.25, -0.2) is 9.18 Å². The van der Waals surface area contributed by atoms with Crippen molar-refractivity contribution in [3.8, 4) is 5.75 Å². The molecule has 2 aliphatic rings. The first-order valence-corrected chi connectivity index (χ1v) is 12.6. The van der Waals surface area contributed by atoms with E-state index in [-0.39, 0.29) is 17.2 Å². The molecule has 0 bridgehead atoms. The first kappa shape index (κ1) is 25.2. The van der Waals surface area contributed by atoms with Crippen LogP contribution in [0.2, 0.25) is 0 Å². The third kappa shape index (κ3) is 4.67. The minimum Gasteiger partial charge on any atom is -0.477 e. The van der Waals surface area contributed by atoms with Gasteiger partial charge in [-0.15, -0.1) is 0 Å². The van der Waals surface area contributed by atoms with Crippen LogP contribution in [0.1, 0.15) is 47.4 Å². The zero-order chi connectivity index (χ0) is 26.3. The van der Waals surface area contributed by atoms with Gasteiger partial charge in [0.05, 0.1) is 23.5 Å². The summed E-state index contributed by atoms with van der Waals surface area (Å²) >= 11 is 0. The molecule has 1 N–H and O–H groups in total. The SMILES string of the molecule is CCC1OCc2c(CN3CCN(c4cc5c(cc4F)c(=O)c(C(=O)O)cn5CC)CC3)cnc(C)c2O1. The predicted octanol–water partition coefficient (Wildman–Crippen LogP) is 3.53. The highest BCUT2D eigenvalue weighted by atomic mass is 19.1. The van der Waals surface area contributed by atoms with Crippen LogP contribution in [0.4, 0.5) is 10.1 Å². The Labute approximate surface area is 214 Å². The molecule has 1 saturated heterocycles. The Balaban J connectivity index is 1.35. The molecule has 0 spiro atoms. The first-order chi connectivity index (χ1) is 17.8. The van der Waals surface area contributed by atoms with Crippen LogP contribution in [0.5, 0.6) is 5.75 Å². The van der Waals surface area contributed by atoms with E-state index in [9.17, 15) is 14.7 Å². The van der Waals surface area contributed by atoms with Crippen molar-refractivity contribution in [3.63, 3.8) is 0 Å². The van der Waals surface area contributed by atoms with Crippen molar-refractivity contribution in [1.82, 2.24) is 14.5 Å². The minimum absolute atomic E-state index is 0.0769. The number of carboxylic acids is 1. The fourth-order valence-corrected chi connectivity index (χ4v) is 5.11. The number of pyridine rings is 2. The molecule has 0 amide bonds. The van der Waals surface area contributed by atoms with E-state index in [1.165, 1.54) is 12.3 Å². The Bertz CT molecular complexity index is 1410. The highest BCUT2D eigenvalue weighted by Crippen LogP contribution is 2.33. The molecule has 0 radical (unpaired) electrons. The lowest BCUT2D eigenvalue weighted by Crippen LogP contribution is -2.46. The van der Waals surface area contributed by atoms with Crippen LogP contribution in [-0.2, 0) is 24.4 Å². The Morgan fingerprint density at radius 2 is 1.97 bits per heavy atom. The number of carboxylic acid groups (broad SMARTS) is 1. The number of halogens is 1. The second-order valence-electron chi connectivity index (χ2n) is 9.49. The maximum Gasteiger partial charge on any atom is 0.341 e. The lowest BCUT2D eigenvalue weighted by Gasteiger charge is -2.37. The number of hydrogen-bond donors (Lipinski definition) is 1. The van der Waals surface area contributed by atoms with Crippen molar-refractivity contribution in [1.29, 1.82) is 0 Å². The molecule has 2 aromatic heterocycles. The quantitative estimate of drug-likeness (QED) is 0.538. The van der Waals surface area contributed by atoms with Crippen LogP contribution in [0.3, 0.4) is 0 Å². The van der Waals surface area contributed by atoms with Crippen molar-refractivity contribution in [2.45, 2.75) is 53.2 Å². The topological polar surface area (TPSA) is 97.1 Å².